The molecule has 0 bridgehead atoms. The minimum absolute atomic E-state index is 0.0259. The number of rotatable bonds is 4. The first-order valence-corrected chi connectivity index (χ1v) is 9.73. The normalized spacial score (nSPS) is 21.8. The molecule has 6 heteroatoms. The zero-order chi connectivity index (χ0) is 18.0. The Kier molecular flexibility index (Phi) is 5.00. The number of ether oxygens (including phenoxy) is 1. The zero-order valence-electron chi connectivity index (χ0n) is 14.8. The van der Waals surface area contributed by atoms with E-state index in [0.717, 1.165) is 37.9 Å². The van der Waals surface area contributed by atoms with Crippen molar-refractivity contribution in [3.05, 3.63) is 57.5 Å². The van der Waals surface area contributed by atoms with Crippen molar-refractivity contribution >= 4 is 17.3 Å². The first-order valence-electron chi connectivity index (χ1n) is 9.35. The number of nitrogens with zero attached hydrogens (tertiary/aromatic N) is 2. The van der Waals surface area contributed by atoms with E-state index in [1.807, 2.05) is 30.3 Å². The van der Waals surface area contributed by atoms with Gasteiger partial charge in [0.2, 0.25) is 0 Å². The molecule has 1 aliphatic heterocycles. The van der Waals surface area contributed by atoms with E-state index in [2.05, 4.69) is 10.4 Å². The van der Waals surface area contributed by atoms with Crippen LogP contribution in [0.25, 0.3) is 0 Å². The largest absolute Gasteiger partial charge is 0.379 e. The van der Waals surface area contributed by atoms with Crippen molar-refractivity contribution in [1.82, 2.24) is 9.78 Å². The predicted molar refractivity (Wildman–Crippen MR) is 103 cm³/mol. The number of benzene rings is 1. The Bertz CT molecular complexity index is 816. The van der Waals surface area contributed by atoms with Gasteiger partial charge in [-0.2, -0.15) is 5.10 Å². The van der Waals surface area contributed by atoms with E-state index in [1.165, 1.54) is 17.5 Å². The van der Waals surface area contributed by atoms with Gasteiger partial charge in [-0.05, 0) is 31.2 Å². The first-order chi connectivity index (χ1) is 12.7. The zero-order valence-corrected chi connectivity index (χ0v) is 15.5. The third-order valence-corrected chi connectivity index (χ3v) is 5.89. The third kappa shape index (κ3) is 3.64. The van der Waals surface area contributed by atoms with Gasteiger partial charge >= 0.3 is 0 Å². The number of hydrogen-bond donors (Lipinski definition) is 1. The van der Waals surface area contributed by atoms with Crippen molar-refractivity contribution in [3.8, 4) is 0 Å². The molecule has 138 valence electrons. The van der Waals surface area contributed by atoms with Gasteiger partial charge in [0.1, 0.15) is 5.02 Å². The summed E-state index contributed by atoms with van der Waals surface area (Å²) >= 11 is 6.37. The summed E-state index contributed by atoms with van der Waals surface area (Å²) in [4.78, 5) is 12.6. The molecule has 1 N–H and O–H groups in total. The van der Waals surface area contributed by atoms with Crippen LogP contribution in [-0.4, -0.2) is 28.0 Å². The minimum Gasteiger partial charge on any atom is -0.379 e. The van der Waals surface area contributed by atoms with E-state index < -0.39 is 0 Å². The molecule has 0 radical (unpaired) electrons. The maximum Gasteiger partial charge on any atom is 0.287 e. The Morgan fingerprint density at radius 3 is 2.81 bits per heavy atom. The minimum atomic E-state index is -0.261. The van der Waals surface area contributed by atoms with Crippen molar-refractivity contribution in [3.63, 3.8) is 0 Å². The molecule has 1 spiro atoms. The van der Waals surface area contributed by atoms with Gasteiger partial charge in [-0.3, -0.25) is 4.79 Å². The molecular weight excluding hydrogens is 350 g/mol. The monoisotopic (exact) mass is 373 g/mol. The topological polar surface area (TPSA) is 56.1 Å². The van der Waals surface area contributed by atoms with Crippen molar-refractivity contribution in [2.75, 3.05) is 11.9 Å². The molecule has 1 saturated carbocycles. The molecule has 2 heterocycles. The Morgan fingerprint density at radius 2 is 2.04 bits per heavy atom. The van der Waals surface area contributed by atoms with Crippen LogP contribution in [0.3, 0.4) is 0 Å². The summed E-state index contributed by atoms with van der Waals surface area (Å²) in [7, 11) is 0. The molecule has 1 unspecified atom stereocenters. The number of hydrogen-bond acceptors (Lipinski definition) is 4. The van der Waals surface area contributed by atoms with Crippen LogP contribution >= 0.6 is 11.6 Å². The van der Waals surface area contributed by atoms with E-state index in [1.54, 1.807) is 6.20 Å². The Balaban J connectivity index is 1.49. The molecule has 2 aromatic rings. The van der Waals surface area contributed by atoms with Gasteiger partial charge in [0.25, 0.3) is 5.56 Å². The molecule has 1 aromatic carbocycles. The molecule has 2 aliphatic rings. The summed E-state index contributed by atoms with van der Waals surface area (Å²) in [6.07, 6.45) is 8.31. The summed E-state index contributed by atoms with van der Waals surface area (Å²) in [5.41, 5.74) is 1.41. The number of nitrogens with one attached hydrogen (secondary N) is 1. The highest BCUT2D eigenvalue weighted by Gasteiger charge is 2.40. The van der Waals surface area contributed by atoms with Gasteiger partial charge in [-0.25, -0.2) is 4.68 Å². The van der Waals surface area contributed by atoms with Crippen LogP contribution in [0.1, 0.15) is 44.1 Å². The van der Waals surface area contributed by atoms with Crippen LogP contribution in [0.5, 0.6) is 0 Å². The molecule has 1 atom stereocenters. The maximum atomic E-state index is 12.6. The Morgan fingerprint density at radius 1 is 1.27 bits per heavy atom. The van der Waals surface area contributed by atoms with Gasteiger partial charge in [-0.1, -0.05) is 54.8 Å². The maximum absolute atomic E-state index is 12.6. The highest BCUT2D eigenvalue weighted by Crippen LogP contribution is 2.40. The fourth-order valence-corrected chi connectivity index (χ4v) is 4.37. The fraction of sp³-hybridized carbons (Fsp3) is 0.500. The van der Waals surface area contributed by atoms with E-state index in [-0.39, 0.29) is 22.2 Å². The predicted octanol–water partition coefficient (Wildman–Crippen LogP) is 3.85. The van der Waals surface area contributed by atoms with Gasteiger partial charge in [-0.15, -0.1) is 0 Å². The van der Waals surface area contributed by atoms with Crippen molar-refractivity contribution in [2.45, 2.75) is 56.7 Å². The number of halogens is 1. The number of anilines is 1. The molecule has 1 saturated heterocycles. The second-order valence-electron chi connectivity index (χ2n) is 7.39. The van der Waals surface area contributed by atoms with E-state index >= 15 is 0 Å². The summed E-state index contributed by atoms with van der Waals surface area (Å²) in [6, 6.07) is 10.0. The highest BCUT2D eigenvalue weighted by molar-refractivity contribution is 6.32. The van der Waals surface area contributed by atoms with E-state index in [0.29, 0.717) is 12.2 Å². The molecule has 1 aromatic heterocycles. The lowest BCUT2D eigenvalue weighted by molar-refractivity contribution is -0.0767. The van der Waals surface area contributed by atoms with Gasteiger partial charge in [0.05, 0.1) is 24.0 Å². The molecule has 5 nitrogen and oxygen atoms in total. The smallest absolute Gasteiger partial charge is 0.287 e. The quantitative estimate of drug-likeness (QED) is 0.884. The summed E-state index contributed by atoms with van der Waals surface area (Å²) in [5.74, 6) is 0. The second kappa shape index (κ2) is 7.41. The molecule has 26 heavy (non-hydrogen) atoms. The lowest BCUT2D eigenvalue weighted by Crippen LogP contribution is -2.42. The summed E-state index contributed by atoms with van der Waals surface area (Å²) in [5, 5.41) is 7.97. The van der Waals surface area contributed by atoms with Crippen LogP contribution in [0.4, 0.5) is 5.69 Å². The van der Waals surface area contributed by atoms with Crippen molar-refractivity contribution in [1.29, 1.82) is 0 Å². The van der Waals surface area contributed by atoms with Crippen LogP contribution in [-0.2, 0) is 11.3 Å². The van der Waals surface area contributed by atoms with E-state index in [4.69, 9.17) is 16.3 Å². The Labute approximate surface area is 158 Å². The summed E-state index contributed by atoms with van der Waals surface area (Å²) < 4.78 is 7.49. The van der Waals surface area contributed by atoms with Crippen molar-refractivity contribution < 1.29 is 4.74 Å². The van der Waals surface area contributed by atoms with Crippen molar-refractivity contribution in [2.24, 2.45) is 0 Å². The number of aromatic nitrogens is 2. The van der Waals surface area contributed by atoms with Gasteiger partial charge in [0, 0.05) is 12.6 Å². The standard InChI is InChI=1S/C20H24ClN3O2/c21-18-17(23-16-8-11-26-20(12-16)9-4-5-10-20)13-22-24(19(18)25)14-15-6-2-1-3-7-15/h1-3,6-7,13,16,23H,4-5,8-12,14H2. The SMILES string of the molecule is O=c1c(Cl)c(NC2CCOC3(CCCC3)C2)cnn1Cc1ccccc1. The molecule has 1 aliphatic carbocycles. The Hall–Kier alpha value is -1.85. The average Bonchev–Trinajstić information content (AvgIpc) is 3.10. The molecule has 0 amide bonds. The molecule has 4 rings (SSSR count). The summed E-state index contributed by atoms with van der Waals surface area (Å²) in [6.45, 7) is 1.17. The third-order valence-electron chi connectivity index (χ3n) is 5.53. The van der Waals surface area contributed by atoms with Crippen LogP contribution in [0.2, 0.25) is 5.02 Å². The van der Waals surface area contributed by atoms with Crippen LogP contribution in [0.15, 0.2) is 41.3 Å². The lowest BCUT2D eigenvalue weighted by atomic mass is 9.89. The first kappa shape index (κ1) is 17.6. The van der Waals surface area contributed by atoms with Crippen LogP contribution < -0.4 is 10.9 Å². The fourth-order valence-electron chi connectivity index (χ4n) is 4.17. The highest BCUT2D eigenvalue weighted by atomic mass is 35.5. The second-order valence-corrected chi connectivity index (χ2v) is 7.77. The van der Waals surface area contributed by atoms with Gasteiger partial charge < -0.3 is 10.1 Å². The van der Waals surface area contributed by atoms with Gasteiger partial charge in [0.15, 0.2) is 0 Å². The van der Waals surface area contributed by atoms with Crippen LogP contribution in [0, 0.1) is 0 Å². The molecule has 2 fully saturated rings. The average molecular weight is 374 g/mol. The lowest BCUT2D eigenvalue weighted by Gasteiger charge is -2.39. The molecular formula is C20H24ClN3O2. The van der Waals surface area contributed by atoms with E-state index in [9.17, 15) is 4.79 Å².